The third kappa shape index (κ3) is 4.61. The lowest BCUT2D eigenvalue weighted by Gasteiger charge is -2.10. The number of nitrogens with one attached hydrogen (secondary N) is 1. The Morgan fingerprint density at radius 2 is 1.90 bits per heavy atom. The first-order valence-corrected chi connectivity index (χ1v) is 8.24. The second-order valence-corrected chi connectivity index (χ2v) is 6.63. The van der Waals surface area contributed by atoms with E-state index in [0.29, 0.717) is 18.7 Å². The van der Waals surface area contributed by atoms with E-state index in [1.807, 2.05) is 19.9 Å². The molecular weight excluding hydrogens is 290 g/mol. The summed E-state index contributed by atoms with van der Waals surface area (Å²) < 4.78 is 37.4. The predicted molar refractivity (Wildman–Crippen MR) is 79.8 cm³/mol. The minimum Gasteiger partial charge on any atom is -0.491 e. The van der Waals surface area contributed by atoms with Crippen LogP contribution in [0.25, 0.3) is 0 Å². The highest BCUT2D eigenvalue weighted by molar-refractivity contribution is 7.89. The summed E-state index contributed by atoms with van der Waals surface area (Å²) >= 11 is 0. The van der Waals surface area contributed by atoms with Gasteiger partial charge in [0.15, 0.2) is 0 Å². The van der Waals surface area contributed by atoms with Crippen LogP contribution in [0.1, 0.15) is 19.6 Å². The summed E-state index contributed by atoms with van der Waals surface area (Å²) in [6, 6.07) is 9.96. The molecule has 1 heterocycles. The molecule has 2 rings (SSSR count). The molecule has 0 fully saturated rings. The number of furan rings is 1. The molecule has 0 spiro atoms. The van der Waals surface area contributed by atoms with Crippen LogP contribution in [0.2, 0.25) is 0 Å². The maximum Gasteiger partial charge on any atom is 0.240 e. The highest BCUT2D eigenvalue weighted by Gasteiger charge is 2.13. The summed E-state index contributed by atoms with van der Waals surface area (Å²) in [6.07, 6.45) is 2.14. The van der Waals surface area contributed by atoms with Crippen molar-refractivity contribution in [2.45, 2.75) is 31.3 Å². The summed E-state index contributed by atoms with van der Waals surface area (Å²) in [4.78, 5) is 0.220. The fourth-order valence-corrected chi connectivity index (χ4v) is 2.85. The summed E-state index contributed by atoms with van der Waals surface area (Å²) in [7, 11) is -3.51. The SMILES string of the molecule is CC(C)Oc1ccc(S(=O)(=O)NCCc2ccco2)cc1. The van der Waals surface area contributed by atoms with Gasteiger partial charge in [-0.15, -0.1) is 0 Å². The van der Waals surface area contributed by atoms with E-state index in [-0.39, 0.29) is 11.0 Å². The zero-order valence-corrected chi connectivity index (χ0v) is 12.9. The lowest BCUT2D eigenvalue weighted by molar-refractivity contribution is 0.242. The first kappa shape index (κ1) is 15.6. The van der Waals surface area contributed by atoms with Gasteiger partial charge in [0.25, 0.3) is 0 Å². The van der Waals surface area contributed by atoms with Crippen molar-refractivity contribution in [3.63, 3.8) is 0 Å². The van der Waals surface area contributed by atoms with Crippen molar-refractivity contribution in [1.82, 2.24) is 4.72 Å². The molecule has 0 amide bonds. The van der Waals surface area contributed by atoms with Gasteiger partial charge in [-0.05, 0) is 50.2 Å². The zero-order valence-electron chi connectivity index (χ0n) is 12.1. The minimum absolute atomic E-state index is 0.0545. The average molecular weight is 309 g/mol. The molecule has 1 aromatic heterocycles. The summed E-state index contributed by atoms with van der Waals surface area (Å²) in [5.41, 5.74) is 0. The number of hydrogen-bond donors (Lipinski definition) is 1. The van der Waals surface area contributed by atoms with Crippen LogP contribution in [0.3, 0.4) is 0 Å². The molecule has 2 aromatic rings. The molecule has 0 unspecified atom stereocenters. The second-order valence-electron chi connectivity index (χ2n) is 4.87. The van der Waals surface area contributed by atoms with Crippen LogP contribution >= 0.6 is 0 Å². The Kier molecular flexibility index (Phi) is 5.03. The number of ether oxygens (including phenoxy) is 1. The number of hydrogen-bond acceptors (Lipinski definition) is 4. The maximum atomic E-state index is 12.1. The Balaban J connectivity index is 1.95. The summed E-state index contributed by atoms with van der Waals surface area (Å²) in [5, 5.41) is 0. The van der Waals surface area contributed by atoms with Crippen LogP contribution in [0.5, 0.6) is 5.75 Å². The van der Waals surface area contributed by atoms with Crippen LogP contribution in [0.4, 0.5) is 0 Å². The normalized spacial score (nSPS) is 11.8. The molecule has 1 N–H and O–H groups in total. The van der Waals surface area contributed by atoms with Gasteiger partial charge in [0, 0.05) is 13.0 Å². The van der Waals surface area contributed by atoms with E-state index in [1.54, 1.807) is 24.5 Å². The topological polar surface area (TPSA) is 68.5 Å². The molecule has 1 aromatic carbocycles. The highest BCUT2D eigenvalue weighted by atomic mass is 32.2. The van der Waals surface area contributed by atoms with Gasteiger partial charge in [0.2, 0.25) is 10.0 Å². The van der Waals surface area contributed by atoms with Crippen molar-refractivity contribution >= 4 is 10.0 Å². The monoisotopic (exact) mass is 309 g/mol. The molecule has 0 radical (unpaired) electrons. The van der Waals surface area contributed by atoms with Crippen LogP contribution in [0.15, 0.2) is 52.0 Å². The molecule has 0 saturated carbocycles. The van der Waals surface area contributed by atoms with Gasteiger partial charge < -0.3 is 9.15 Å². The van der Waals surface area contributed by atoms with E-state index in [2.05, 4.69) is 4.72 Å². The van der Waals surface area contributed by atoms with Crippen molar-refractivity contribution in [2.75, 3.05) is 6.54 Å². The molecule has 6 heteroatoms. The van der Waals surface area contributed by atoms with Gasteiger partial charge in [-0.2, -0.15) is 0 Å². The first-order chi connectivity index (χ1) is 9.97. The Labute approximate surface area is 125 Å². The van der Waals surface area contributed by atoms with Crippen LogP contribution in [-0.4, -0.2) is 21.1 Å². The van der Waals surface area contributed by atoms with Gasteiger partial charge in [0.1, 0.15) is 11.5 Å². The van der Waals surface area contributed by atoms with Gasteiger partial charge >= 0.3 is 0 Å². The Hall–Kier alpha value is -1.79. The molecular formula is C15H19NO4S. The van der Waals surface area contributed by atoms with Gasteiger partial charge in [-0.1, -0.05) is 0 Å². The van der Waals surface area contributed by atoms with Crippen LogP contribution in [0, 0.1) is 0 Å². The third-order valence-corrected chi connectivity index (χ3v) is 4.23. The number of rotatable bonds is 7. The Morgan fingerprint density at radius 3 is 2.48 bits per heavy atom. The lowest BCUT2D eigenvalue weighted by atomic mass is 10.3. The predicted octanol–water partition coefficient (Wildman–Crippen LogP) is 2.59. The first-order valence-electron chi connectivity index (χ1n) is 6.76. The Bertz CT molecular complexity index is 645. The summed E-state index contributed by atoms with van der Waals surface area (Å²) in [5.74, 6) is 1.40. The van der Waals surface area contributed by atoms with Crippen molar-refractivity contribution in [3.05, 3.63) is 48.4 Å². The van der Waals surface area contributed by atoms with Gasteiger partial charge in [0.05, 0.1) is 17.3 Å². The molecule has 5 nitrogen and oxygen atoms in total. The molecule has 0 aliphatic heterocycles. The van der Waals surface area contributed by atoms with Gasteiger partial charge in [-0.3, -0.25) is 0 Å². The highest BCUT2D eigenvalue weighted by Crippen LogP contribution is 2.17. The average Bonchev–Trinajstić information content (AvgIpc) is 2.91. The molecule has 0 atom stereocenters. The van der Waals surface area contributed by atoms with Crippen LogP contribution in [-0.2, 0) is 16.4 Å². The Morgan fingerprint density at radius 1 is 1.19 bits per heavy atom. The number of sulfonamides is 1. The standard InChI is InChI=1S/C15H19NO4S/c1-12(2)20-14-5-7-15(8-6-14)21(17,18)16-10-9-13-4-3-11-19-13/h3-8,11-12,16H,9-10H2,1-2H3. The molecule has 0 aliphatic carbocycles. The van der Waals surface area contributed by atoms with E-state index in [0.717, 1.165) is 5.76 Å². The van der Waals surface area contributed by atoms with E-state index < -0.39 is 10.0 Å². The second kappa shape index (κ2) is 6.78. The fourth-order valence-electron chi connectivity index (χ4n) is 1.82. The minimum atomic E-state index is -3.51. The quantitative estimate of drug-likeness (QED) is 0.853. The smallest absolute Gasteiger partial charge is 0.240 e. The molecule has 0 bridgehead atoms. The third-order valence-electron chi connectivity index (χ3n) is 2.75. The summed E-state index contributed by atoms with van der Waals surface area (Å²) in [6.45, 7) is 4.13. The fraction of sp³-hybridized carbons (Fsp3) is 0.333. The van der Waals surface area contributed by atoms with Crippen molar-refractivity contribution in [3.8, 4) is 5.75 Å². The van der Waals surface area contributed by atoms with Gasteiger partial charge in [-0.25, -0.2) is 13.1 Å². The van der Waals surface area contributed by atoms with E-state index in [1.165, 1.54) is 12.1 Å². The maximum absolute atomic E-state index is 12.1. The number of benzene rings is 1. The van der Waals surface area contributed by atoms with Crippen LogP contribution < -0.4 is 9.46 Å². The van der Waals surface area contributed by atoms with Crippen molar-refractivity contribution in [2.24, 2.45) is 0 Å². The van der Waals surface area contributed by atoms with Crippen molar-refractivity contribution < 1.29 is 17.6 Å². The molecule has 0 aliphatic rings. The zero-order chi connectivity index (χ0) is 15.3. The lowest BCUT2D eigenvalue weighted by Crippen LogP contribution is -2.25. The van der Waals surface area contributed by atoms with Crippen molar-refractivity contribution in [1.29, 1.82) is 0 Å². The molecule has 21 heavy (non-hydrogen) atoms. The van der Waals surface area contributed by atoms with E-state index in [4.69, 9.17) is 9.15 Å². The van der Waals surface area contributed by atoms with E-state index in [9.17, 15) is 8.42 Å². The molecule has 114 valence electrons. The largest absolute Gasteiger partial charge is 0.491 e. The van der Waals surface area contributed by atoms with E-state index >= 15 is 0 Å². The molecule has 0 saturated heterocycles.